The quantitative estimate of drug-likeness (QED) is 0.850. The summed E-state index contributed by atoms with van der Waals surface area (Å²) in [5.41, 5.74) is 1.76. The van der Waals surface area contributed by atoms with Gasteiger partial charge >= 0.3 is 0 Å². The Morgan fingerprint density at radius 1 is 0.952 bits per heavy atom. The zero-order valence-electron chi connectivity index (χ0n) is 12.3. The lowest BCUT2D eigenvalue weighted by Crippen LogP contribution is -2.02. The second kappa shape index (κ2) is 7.55. The van der Waals surface area contributed by atoms with Crippen LogP contribution >= 0.6 is 0 Å². The monoisotopic (exact) mass is 288 g/mol. The summed E-state index contributed by atoms with van der Waals surface area (Å²) in [6, 6.07) is 13.1. The van der Waals surface area contributed by atoms with Crippen LogP contribution in [0, 0.1) is 0 Å². The van der Waals surface area contributed by atoms with Crippen molar-refractivity contribution in [1.29, 1.82) is 0 Å². The Labute approximate surface area is 124 Å². The lowest BCUT2D eigenvalue weighted by atomic mass is 10.2. The molecule has 4 nitrogen and oxygen atoms in total. The summed E-state index contributed by atoms with van der Waals surface area (Å²) in [6.45, 7) is 2.82. The van der Waals surface area contributed by atoms with Gasteiger partial charge in [-0.2, -0.15) is 0 Å². The number of benzene rings is 2. The van der Waals surface area contributed by atoms with E-state index in [-0.39, 0.29) is 6.61 Å². The molecule has 0 aliphatic carbocycles. The molecule has 0 atom stereocenters. The molecule has 0 aromatic heterocycles. The first-order chi connectivity index (χ1) is 10.3. The molecule has 0 spiro atoms. The van der Waals surface area contributed by atoms with Crippen LogP contribution in [0.2, 0.25) is 0 Å². The van der Waals surface area contributed by atoms with E-state index in [1.54, 1.807) is 13.2 Å². The number of methoxy groups -OCH3 is 1. The highest BCUT2D eigenvalue weighted by Gasteiger charge is 2.08. The number of aliphatic hydroxyl groups excluding tert-OH is 1. The van der Waals surface area contributed by atoms with Gasteiger partial charge in [-0.3, -0.25) is 0 Å². The van der Waals surface area contributed by atoms with Crippen LogP contribution in [0.3, 0.4) is 0 Å². The number of para-hydroxylation sites is 1. The van der Waals surface area contributed by atoms with E-state index in [0.717, 1.165) is 16.9 Å². The first-order valence-corrected chi connectivity index (χ1v) is 6.89. The van der Waals surface area contributed by atoms with Gasteiger partial charge < -0.3 is 19.3 Å². The summed E-state index contributed by atoms with van der Waals surface area (Å²) in [4.78, 5) is 0. The van der Waals surface area contributed by atoms with Gasteiger partial charge in [0.15, 0.2) is 11.5 Å². The van der Waals surface area contributed by atoms with E-state index in [2.05, 4.69) is 0 Å². The minimum atomic E-state index is -0.0210. The lowest BCUT2D eigenvalue weighted by molar-refractivity contribution is 0.260. The molecule has 0 radical (unpaired) electrons. The molecule has 0 aliphatic heterocycles. The number of ether oxygens (including phenoxy) is 3. The maximum absolute atomic E-state index is 9.18. The van der Waals surface area contributed by atoms with Crippen molar-refractivity contribution in [1.82, 2.24) is 0 Å². The van der Waals surface area contributed by atoms with E-state index in [1.807, 2.05) is 43.3 Å². The molecule has 2 aromatic rings. The minimum absolute atomic E-state index is 0.0210. The maximum atomic E-state index is 9.18. The minimum Gasteiger partial charge on any atom is -0.496 e. The second-order valence-corrected chi connectivity index (χ2v) is 4.47. The summed E-state index contributed by atoms with van der Waals surface area (Å²) in [6.07, 6.45) is 0. The first kappa shape index (κ1) is 15.2. The third-order valence-electron chi connectivity index (χ3n) is 3.07. The molecule has 0 aliphatic rings. The Kier molecular flexibility index (Phi) is 5.46. The molecular weight excluding hydrogens is 268 g/mol. The van der Waals surface area contributed by atoms with E-state index in [0.29, 0.717) is 24.7 Å². The highest BCUT2D eigenvalue weighted by atomic mass is 16.5. The van der Waals surface area contributed by atoms with E-state index >= 15 is 0 Å². The van der Waals surface area contributed by atoms with Crippen LogP contribution in [-0.4, -0.2) is 18.8 Å². The Bertz CT molecular complexity index is 581. The first-order valence-electron chi connectivity index (χ1n) is 6.89. The van der Waals surface area contributed by atoms with E-state index in [4.69, 9.17) is 14.2 Å². The van der Waals surface area contributed by atoms with Crippen molar-refractivity contribution in [3.05, 3.63) is 53.6 Å². The van der Waals surface area contributed by atoms with Crippen LogP contribution in [-0.2, 0) is 13.2 Å². The fraction of sp³-hybridized carbons (Fsp3) is 0.294. The van der Waals surface area contributed by atoms with Crippen molar-refractivity contribution in [2.45, 2.75) is 20.1 Å². The normalized spacial score (nSPS) is 10.2. The molecule has 0 heterocycles. The van der Waals surface area contributed by atoms with Crippen molar-refractivity contribution in [2.24, 2.45) is 0 Å². The molecule has 21 heavy (non-hydrogen) atoms. The SMILES string of the molecule is CCOc1cc(CO)ccc1OCc1ccccc1OC. The average molecular weight is 288 g/mol. The van der Waals surface area contributed by atoms with Crippen molar-refractivity contribution in [3.8, 4) is 17.2 Å². The fourth-order valence-electron chi connectivity index (χ4n) is 2.02. The fourth-order valence-corrected chi connectivity index (χ4v) is 2.02. The van der Waals surface area contributed by atoms with Gasteiger partial charge in [-0.05, 0) is 30.7 Å². The highest BCUT2D eigenvalue weighted by Crippen LogP contribution is 2.30. The van der Waals surface area contributed by atoms with Crippen molar-refractivity contribution < 1.29 is 19.3 Å². The van der Waals surface area contributed by atoms with Gasteiger partial charge in [-0.25, -0.2) is 0 Å². The predicted octanol–water partition coefficient (Wildman–Crippen LogP) is 3.17. The van der Waals surface area contributed by atoms with E-state index in [9.17, 15) is 5.11 Å². The summed E-state index contributed by atoms with van der Waals surface area (Å²) in [5, 5.41) is 9.18. The topological polar surface area (TPSA) is 47.9 Å². The standard InChI is InChI=1S/C17H20O4/c1-3-20-17-10-13(11-18)8-9-16(17)21-12-14-6-4-5-7-15(14)19-2/h4-10,18H,3,11-12H2,1-2H3. The molecular formula is C17H20O4. The highest BCUT2D eigenvalue weighted by molar-refractivity contribution is 5.43. The lowest BCUT2D eigenvalue weighted by Gasteiger charge is -2.14. The molecule has 112 valence electrons. The third-order valence-corrected chi connectivity index (χ3v) is 3.07. The average Bonchev–Trinajstić information content (AvgIpc) is 2.54. The van der Waals surface area contributed by atoms with Gasteiger partial charge in [-0.15, -0.1) is 0 Å². The molecule has 1 N–H and O–H groups in total. The predicted molar refractivity (Wildman–Crippen MR) is 80.9 cm³/mol. The van der Waals surface area contributed by atoms with Crippen molar-refractivity contribution in [2.75, 3.05) is 13.7 Å². The third kappa shape index (κ3) is 3.89. The van der Waals surface area contributed by atoms with Crippen LogP contribution in [0.25, 0.3) is 0 Å². The van der Waals surface area contributed by atoms with Gasteiger partial charge in [0.05, 0.1) is 20.3 Å². The van der Waals surface area contributed by atoms with Gasteiger partial charge in [0.25, 0.3) is 0 Å². The Hall–Kier alpha value is -2.20. The summed E-state index contributed by atoms with van der Waals surface area (Å²) >= 11 is 0. The second-order valence-electron chi connectivity index (χ2n) is 4.47. The van der Waals surface area contributed by atoms with Crippen molar-refractivity contribution in [3.63, 3.8) is 0 Å². The smallest absolute Gasteiger partial charge is 0.161 e. The summed E-state index contributed by atoms with van der Waals surface area (Å²) in [5.74, 6) is 2.08. The van der Waals surface area contributed by atoms with Crippen molar-refractivity contribution >= 4 is 0 Å². The molecule has 2 aromatic carbocycles. The molecule has 0 fully saturated rings. The van der Waals surface area contributed by atoms with E-state index in [1.165, 1.54) is 0 Å². The Morgan fingerprint density at radius 2 is 1.76 bits per heavy atom. The van der Waals surface area contributed by atoms with E-state index < -0.39 is 0 Å². The van der Waals surface area contributed by atoms with Crippen LogP contribution in [0.1, 0.15) is 18.1 Å². The molecule has 0 saturated heterocycles. The number of hydrogen-bond acceptors (Lipinski definition) is 4. The van der Waals surface area contributed by atoms with Gasteiger partial charge in [0.1, 0.15) is 12.4 Å². The molecule has 0 unspecified atom stereocenters. The summed E-state index contributed by atoms with van der Waals surface area (Å²) in [7, 11) is 1.64. The van der Waals surface area contributed by atoms with Crippen LogP contribution in [0.4, 0.5) is 0 Å². The maximum Gasteiger partial charge on any atom is 0.161 e. The molecule has 0 bridgehead atoms. The molecule has 2 rings (SSSR count). The van der Waals surface area contributed by atoms with Gasteiger partial charge in [-0.1, -0.05) is 24.3 Å². The van der Waals surface area contributed by atoms with Crippen LogP contribution < -0.4 is 14.2 Å². The zero-order chi connectivity index (χ0) is 15.1. The van der Waals surface area contributed by atoms with Gasteiger partial charge in [0.2, 0.25) is 0 Å². The number of hydrogen-bond donors (Lipinski definition) is 1. The summed E-state index contributed by atoms with van der Waals surface area (Å²) < 4.78 is 16.7. The molecule has 4 heteroatoms. The number of rotatable bonds is 7. The molecule has 0 amide bonds. The Morgan fingerprint density at radius 3 is 2.48 bits per heavy atom. The number of aliphatic hydroxyl groups is 1. The largest absolute Gasteiger partial charge is 0.496 e. The molecule has 0 saturated carbocycles. The zero-order valence-corrected chi connectivity index (χ0v) is 12.3. The Balaban J connectivity index is 2.15. The van der Waals surface area contributed by atoms with Gasteiger partial charge in [0, 0.05) is 5.56 Å². The van der Waals surface area contributed by atoms with Crippen LogP contribution in [0.15, 0.2) is 42.5 Å². The van der Waals surface area contributed by atoms with Crippen LogP contribution in [0.5, 0.6) is 17.2 Å².